The highest BCUT2D eigenvalue weighted by Gasteiger charge is 2.08. The molecule has 0 aliphatic rings. The van der Waals surface area contributed by atoms with E-state index in [1.165, 1.54) is 0 Å². The van der Waals surface area contributed by atoms with Crippen molar-refractivity contribution in [3.8, 4) is 0 Å². The van der Waals surface area contributed by atoms with Crippen molar-refractivity contribution >= 4 is 56.7 Å². The Morgan fingerprint density at radius 3 is 2.40 bits per heavy atom. The summed E-state index contributed by atoms with van der Waals surface area (Å²) in [5.41, 5.74) is 0.607. The van der Waals surface area contributed by atoms with Crippen molar-refractivity contribution in [1.29, 1.82) is 0 Å². The fourth-order valence-corrected chi connectivity index (χ4v) is 3.02. The minimum Gasteiger partial charge on any atom is -0.294 e. The van der Waals surface area contributed by atoms with Gasteiger partial charge in [0.05, 0.1) is 10.0 Å². The SMILES string of the molecule is O=C(CCSc1ccc(Br)cc1)c1ccc(Cl)c(Cl)c1. The van der Waals surface area contributed by atoms with Gasteiger partial charge in [-0.1, -0.05) is 39.1 Å². The second-order valence-corrected chi connectivity index (χ2v) is 7.00. The summed E-state index contributed by atoms with van der Waals surface area (Å²) >= 11 is 16.8. The van der Waals surface area contributed by atoms with E-state index in [0.717, 1.165) is 15.1 Å². The Balaban J connectivity index is 1.88. The zero-order valence-corrected chi connectivity index (χ0v) is 14.3. The molecule has 0 fully saturated rings. The largest absolute Gasteiger partial charge is 0.294 e. The first kappa shape index (κ1) is 15.9. The average Bonchev–Trinajstić information content (AvgIpc) is 2.44. The number of ketones is 1. The maximum absolute atomic E-state index is 12.0. The molecule has 0 saturated heterocycles. The number of halogens is 3. The summed E-state index contributed by atoms with van der Waals surface area (Å²) in [6.07, 6.45) is 0.471. The second kappa shape index (κ2) is 7.51. The lowest BCUT2D eigenvalue weighted by atomic mass is 10.1. The molecule has 0 aliphatic heterocycles. The molecule has 5 heteroatoms. The van der Waals surface area contributed by atoms with Crippen LogP contribution in [0, 0.1) is 0 Å². The van der Waals surface area contributed by atoms with E-state index in [1.807, 2.05) is 24.3 Å². The first-order valence-electron chi connectivity index (χ1n) is 5.93. The molecule has 2 aromatic rings. The van der Waals surface area contributed by atoms with Crippen LogP contribution < -0.4 is 0 Å². The molecule has 2 rings (SSSR count). The molecular formula is C15H11BrCl2OS. The Hall–Kier alpha value is -0.480. The van der Waals surface area contributed by atoms with Crippen LogP contribution in [0.1, 0.15) is 16.8 Å². The molecule has 0 N–H and O–H groups in total. The molecule has 0 bridgehead atoms. The van der Waals surface area contributed by atoms with Crippen LogP contribution in [-0.4, -0.2) is 11.5 Å². The van der Waals surface area contributed by atoms with Crippen LogP contribution in [-0.2, 0) is 0 Å². The third kappa shape index (κ3) is 4.52. The highest BCUT2D eigenvalue weighted by atomic mass is 79.9. The van der Waals surface area contributed by atoms with Crippen LogP contribution in [0.4, 0.5) is 0 Å². The van der Waals surface area contributed by atoms with Gasteiger partial charge in [0.2, 0.25) is 0 Å². The maximum atomic E-state index is 12.0. The van der Waals surface area contributed by atoms with Gasteiger partial charge in [-0.05, 0) is 42.5 Å². The van der Waals surface area contributed by atoms with Crippen molar-refractivity contribution in [2.75, 3.05) is 5.75 Å². The van der Waals surface area contributed by atoms with Gasteiger partial charge in [-0.15, -0.1) is 11.8 Å². The normalized spacial score (nSPS) is 10.6. The Morgan fingerprint density at radius 1 is 1.05 bits per heavy atom. The maximum Gasteiger partial charge on any atom is 0.163 e. The number of Topliss-reactive ketones (excluding diaryl/α,β-unsaturated/α-hetero) is 1. The summed E-state index contributed by atoms with van der Waals surface area (Å²) < 4.78 is 1.05. The highest BCUT2D eigenvalue weighted by molar-refractivity contribution is 9.10. The second-order valence-electron chi connectivity index (χ2n) is 4.10. The van der Waals surface area contributed by atoms with E-state index in [1.54, 1.807) is 30.0 Å². The molecule has 0 aromatic heterocycles. The Labute approximate surface area is 140 Å². The quantitative estimate of drug-likeness (QED) is 0.452. The van der Waals surface area contributed by atoms with Gasteiger partial charge in [-0.3, -0.25) is 4.79 Å². The smallest absolute Gasteiger partial charge is 0.163 e. The molecule has 2 aromatic carbocycles. The van der Waals surface area contributed by atoms with E-state index in [9.17, 15) is 4.79 Å². The first-order valence-corrected chi connectivity index (χ1v) is 8.46. The molecular weight excluding hydrogens is 379 g/mol. The Kier molecular flexibility index (Phi) is 5.97. The number of thioether (sulfide) groups is 1. The van der Waals surface area contributed by atoms with E-state index < -0.39 is 0 Å². The molecule has 0 unspecified atom stereocenters. The topological polar surface area (TPSA) is 17.1 Å². The molecule has 20 heavy (non-hydrogen) atoms. The minimum atomic E-state index is 0.0770. The molecule has 0 amide bonds. The number of benzene rings is 2. The molecule has 0 radical (unpaired) electrons. The van der Waals surface area contributed by atoms with Crippen LogP contribution in [0.15, 0.2) is 51.8 Å². The van der Waals surface area contributed by atoms with Gasteiger partial charge in [-0.2, -0.15) is 0 Å². The van der Waals surface area contributed by atoms with Crippen molar-refractivity contribution in [3.63, 3.8) is 0 Å². The van der Waals surface area contributed by atoms with Gasteiger partial charge in [-0.25, -0.2) is 0 Å². The van der Waals surface area contributed by atoms with Gasteiger partial charge in [0, 0.05) is 27.1 Å². The van der Waals surface area contributed by atoms with Crippen LogP contribution in [0.5, 0.6) is 0 Å². The van der Waals surface area contributed by atoms with Gasteiger partial charge in [0.25, 0.3) is 0 Å². The molecule has 0 saturated carbocycles. The molecule has 0 atom stereocenters. The van der Waals surface area contributed by atoms with Crippen LogP contribution in [0.25, 0.3) is 0 Å². The molecule has 104 valence electrons. The van der Waals surface area contributed by atoms with E-state index >= 15 is 0 Å². The van der Waals surface area contributed by atoms with Crippen LogP contribution >= 0.6 is 50.9 Å². The summed E-state index contributed by atoms with van der Waals surface area (Å²) in [5.74, 6) is 0.814. The van der Waals surface area contributed by atoms with Crippen molar-refractivity contribution in [3.05, 3.63) is 62.5 Å². The van der Waals surface area contributed by atoms with Crippen molar-refractivity contribution in [2.24, 2.45) is 0 Å². The molecule has 1 nitrogen and oxygen atoms in total. The third-order valence-corrected chi connectivity index (χ3v) is 4.93. The number of carbonyl (C=O) groups is 1. The fourth-order valence-electron chi connectivity index (χ4n) is 1.61. The van der Waals surface area contributed by atoms with Crippen LogP contribution in [0.3, 0.4) is 0 Å². The lowest BCUT2D eigenvalue weighted by Gasteiger charge is -2.03. The van der Waals surface area contributed by atoms with E-state index in [0.29, 0.717) is 22.0 Å². The van der Waals surface area contributed by atoms with E-state index in [2.05, 4.69) is 15.9 Å². The molecule has 0 spiro atoms. The fraction of sp³-hybridized carbons (Fsp3) is 0.133. The highest BCUT2D eigenvalue weighted by Crippen LogP contribution is 2.25. The van der Waals surface area contributed by atoms with Gasteiger partial charge >= 0.3 is 0 Å². The van der Waals surface area contributed by atoms with Crippen molar-refractivity contribution in [1.82, 2.24) is 0 Å². The standard InChI is InChI=1S/C15H11BrCl2OS/c16-11-2-4-12(5-3-11)20-8-7-15(19)10-1-6-13(17)14(18)9-10/h1-6,9H,7-8H2. The predicted octanol–water partition coefficient (Wildman–Crippen LogP) is 6.12. The summed E-state index contributed by atoms with van der Waals surface area (Å²) in [6, 6.07) is 13.0. The predicted molar refractivity (Wildman–Crippen MR) is 90.3 cm³/mol. The number of rotatable bonds is 5. The number of hydrogen-bond donors (Lipinski definition) is 0. The first-order chi connectivity index (χ1) is 9.56. The van der Waals surface area contributed by atoms with Gasteiger partial charge in [0.15, 0.2) is 5.78 Å². The zero-order valence-electron chi connectivity index (χ0n) is 10.4. The summed E-state index contributed by atoms with van der Waals surface area (Å²) in [6.45, 7) is 0. The van der Waals surface area contributed by atoms with E-state index in [-0.39, 0.29) is 5.78 Å². The zero-order chi connectivity index (χ0) is 14.5. The Bertz CT molecular complexity index is 614. The van der Waals surface area contributed by atoms with Crippen LogP contribution in [0.2, 0.25) is 10.0 Å². The van der Waals surface area contributed by atoms with Gasteiger partial charge < -0.3 is 0 Å². The lowest BCUT2D eigenvalue weighted by Crippen LogP contribution is -2.00. The third-order valence-electron chi connectivity index (χ3n) is 2.65. The summed E-state index contributed by atoms with van der Waals surface area (Å²) in [5, 5.41) is 0.880. The average molecular weight is 390 g/mol. The van der Waals surface area contributed by atoms with Crippen molar-refractivity contribution in [2.45, 2.75) is 11.3 Å². The number of carbonyl (C=O) groups excluding carboxylic acids is 1. The van der Waals surface area contributed by atoms with Gasteiger partial charge in [0.1, 0.15) is 0 Å². The summed E-state index contributed by atoms with van der Waals surface area (Å²) in [7, 11) is 0. The van der Waals surface area contributed by atoms with Crippen molar-refractivity contribution < 1.29 is 4.79 Å². The number of hydrogen-bond acceptors (Lipinski definition) is 2. The van der Waals surface area contributed by atoms with E-state index in [4.69, 9.17) is 23.2 Å². The molecule has 0 aliphatic carbocycles. The molecule has 0 heterocycles. The Morgan fingerprint density at radius 2 is 1.75 bits per heavy atom. The monoisotopic (exact) mass is 388 g/mol. The lowest BCUT2D eigenvalue weighted by molar-refractivity contribution is 0.0989. The minimum absolute atomic E-state index is 0.0770. The summed E-state index contributed by atoms with van der Waals surface area (Å²) in [4.78, 5) is 13.2.